The van der Waals surface area contributed by atoms with E-state index in [0.717, 1.165) is 23.1 Å². The maximum absolute atomic E-state index is 13.1. The Hall–Kier alpha value is -3.04. The lowest BCUT2D eigenvalue weighted by Crippen LogP contribution is -2.47. The minimum Gasteiger partial charge on any atom is -0.454 e. The third-order valence-corrected chi connectivity index (χ3v) is 4.45. The van der Waals surface area contributed by atoms with Crippen LogP contribution in [-0.2, 0) is 19.1 Å². The molecular weight excluding hydrogens is 388 g/mol. The number of urea groups is 1. The Labute approximate surface area is 166 Å². The van der Waals surface area contributed by atoms with Crippen LogP contribution in [0.25, 0.3) is 0 Å². The summed E-state index contributed by atoms with van der Waals surface area (Å²) in [5.41, 5.74) is -1.03. The standard InChI is InChI=1S/C19H23F2N3O5/c1-3-7-19(8-4-2)17(27)24(18(28)23-19)10-16(26)29-11-15(25)22-12-5-6-13(20)14(21)9-12/h5-6,9H,3-4,7-8,10-11H2,1-2H3,(H,22,25)(H,23,28). The van der Waals surface area contributed by atoms with Gasteiger partial charge in [-0.25, -0.2) is 13.6 Å². The Morgan fingerprint density at radius 2 is 1.79 bits per heavy atom. The van der Waals surface area contributed by atoms with Gasteiger partial charge < -0.3 is 15.4 Å². The molecule has 0 aliphatic carbocycles. The van der Waals surface area contributed by atoms with Crippen LogP contribution in [0.3, 0.4) is 0 Å². The van der Waals surface area contributed by atoms with Crippen molar-refractivity contribution in [3.05, 3.63) is 29.8 Å². The Kier molecular flexibility index (Phi) is 7.24. The van der Waals surface area contributed by atoms with Crippen LogP contribution in [-0.4, -0.2) is 47.4 Å². The minimum atomic E-state index is -1.14. The fraction of sp³-hybridized carbons (Fsp3) is 0.474. The summed E-state index contributed by atoms with van der Waals surface area (Å²) in [5.74, 6) is -4.42. The molecule has 1 heterocycles. The number of hydrogen-bond donors (Lipinski definition) is 2. The Bertz CT molecular complexity index is 809. The predicted octanol–water partition coefficient (Wildman–Crippen LogP) is 2.34. The number of carbonyl (C=O) groups excluding carboxylic acids is 4. The van der Waals surface area contributed by atoms with Crippen LogP contribution >= 0.6 is 0 Å². The van der Waals surface area contributed by atoms with Crippen molar-refractivity contribution in [3.63, 3.8) is 0 Å². The van der Waals surface area contributed by atoms with Crippen molar-refractivity contribution in [2.75, 3.05) is 18.5 Å². The van der Waals surface area contributed by atoms with Crippen LogP contribution in [0.5, 0.6) is 0 Å². The van der Waals surface area contributed by atoms with E-state index in [1.807, 2.05) is 13.8 Å². The highest BCUT2D eigenvalue weighted by molar-refractivity contribution is 6.08. The van der Waals surface area contributed by atoms with Gasteiger partial charge in [-0.05, 0) is 25.0 Å². The summed E-state index contributed by atoms with van der Waals surface area (Å²) in [6, 6.07) is 2.09. The van der Waals surface area contributed by atoms with Crippen LogP contribution in [0.4, 0.5) is 19.3 Å². The number of nitrogens with zero attached hydrogens (tertiary/aromatic N) is 1. The largest absolute Gasteiger partial charge is 0.454 e. The third-order valence-electron chi connectivity index (χ3n) is 4.45. The molecule has 0 bridgehead atoms. The molecule has 0 spiro atoms. The number of ether oxygens (including phenoxy) is 1. The second kappa shape index (κ2) is 9.44. The molecule has 8 nitrogen and oxygen atoms in total. The SMILES string of the molecule is CCCC1(CCC)NC(=O)N(CC(=O)OCC(=O)Nc2ccc(F)c(F)c2)C1=O. The summed E-state index contributed by atoms with van der Waals surface area (Å²) < 4.78 is 30.8. The van der Waals surface area contributed by atoms with Crippen LogP contribution in [0.15, 0.2) is 18.2 Å². The number of nitrogens with one attached hydrogen (secondary N) is 2. The summed E-state index contributed by atoms with van der Waals surface area (Å²) in [7, 11) is 0. The van der Waals surface area contributed by atoms with Crippen LogP contribution in [0.1, 0.15) is 39.5 Å². The van der Waals surface area contributed by atoms with Gasteiger partial charge in [-0.2, -0.15) is 0 Å². The maximum Gasteiger partial charge on any atom is 0.326 e. The van der Waals surface area contributed by atoms with E-state index >= 15 is 0 Å². The van der Waals surface area contributed by atoms with E-state index in [4.69, 9.17) is 4.74 Å². The Morgan fingerprint density at radius 1 is 1.14 bits per heavy atom. The third kappa shape index (κ3) is 5.27. The lowest BCUT2D eigenvalue weighted by Gasteiger charge is -2.25. The van der Waals surface area contributed by atoms with Crippen molar-refractivity contribution < 1.29 is 32.7 Å². The number of rotatable bonds is 9. The summed E-state index contributed by atoms with van der Waals surface area (Å²) in [5, 5.41) is 4.91. The van der Waals surface area contributed by atoms with E-state index in [2.05, 4.69) is 10.6 Å². The van der Waals surface area contributed by atoms with Gasteiger partial charge in [-0.15, -0.1) is 0 Å². The van der Waals surface area contributed by atoms with E-state index in [1.54, 1.807) is 0 Å². The van der Waals surface area contributed by atoms with Gasteiger partial charge in [-0.3, -0.25) is 19.3 Å². The molecule has 29 heavy (non-hydrogen) atoms. The van der Waals surface area contributed by atoms with E-state index in [-0.39, 0.29) is 5.69 Å². The van der Waals surface area contributed by atoms with Crippen molar-refractivity contribution in [2.24, 2.45) is 0 Å². The summed E-state index contributed by atoms with van der Waals surface area (Å²) in [6.07, 6.45) is 2.25. The average Bonchev–Trinajstić information content (AvgIpc) is 2.88. The topological polar surface area (TPSA) is 105 Å². The number of halogens is 2. The molecule has 1 saturated heterocycles. The van der Waals surface area contributed by atoms with Gasteiger partial charge in [0, 0.05) is 11.8 Å². The highest BCUT2D eigenvalue weighted by Crippen LogP contribution is 2.27. The van der Waals surface area contributed by atoms with Crippen molar-refractivity contribution >= 4 is 29.5 Å². The zero-order valence-electron chi connectivity index (χ0n) is 16.2. The molecule has 1 aliphatic heterocycles. The second-order valence-electron chi connectivity index (χ2n) is 6.74. The number of imide groups is 1. The van der Waals surface area contributed by atoms with Gasteiger partial charge in [0.15, 0.2) is 18.2 Å². The lowest BCUT2D eigenvalue weighted by molar-refractivity contribution is -0.150. The highest BCUT2D eigenvalue weighted by atomic mass is 19.2. The zero-order chi connectivity index (χ0) is 21.6. The van der Waals surface area contributed by atoms with E-state index < -0.39 is 54.1 Å². The highest BCUT2D eigenvalue weighted by Gasteiger charge is 2.50. The van der Waals surface area contributed by atoms with E-state index in [0.29, 0.717) is 25.7 Å². The van der Waals surface area contributed by atoms with Crippen LogP contribution in [0, 0.1) is 11.6 Å². The molecule has 1 fully saturated rings. The van der Waals surface area contributed by atoms with Gasteiger partial charge in [-0.1, -0.05) is 26.7 Å². The fourth-order valence-corrected chi connectivity index (χ4v) is 3.23. The van der Waals surface area contributed by atoms with E-state index in [9.17, 15) is 28.0 Å². The smallest absolute Gasteiger partial charge is 0.326 e. The maximum atomic E-state index is 13.1. The summed E-state index contributed by atoms with van der Waals surface area (Å²) >= 11 is 0. The first kappa shape index (κ1) is 22.3. The van der Waals surface area contributed by atoms with Crippen molar-refractivity contribution in [2.45, 2.75) is 45.1 Å². The first-order chi connectivity index (χ1) is 13.7. The molecule has 10 heteroatoms. The van der Waals surface area contributed by atoms with Gasteiger partial charge in [0.05, 0.1) is 0 Å². The van der Waals surface area contributed by atoms with Gasteiger partial charge in [0.1, 0.15) is 12.1 Å². The number of hydrogen-bond acceptors (Lipinski definition) is 5. The minimum absolute atomic E-state index is 0.0111. The number of amides is 4. The molecule has 0 radical (unpaired) electrons. The molecule has 158 valence electrons. The van der Waals surface area contributed by atoms with Crippen molar-refractivity contribution in [1.29, 1.82) is 0 Å². The number of carbonyl (C=O) groups is 4. The van der Waals surface area contributed by atoms with Gasteiger partial charge in [0.25, 0.3) is 11.8 Å². The molecular formula is C19H23F2N3O5. The van der Waals surface area contributed by atoms with E-state index in [1.165, 1.54) is 0 Å². The fourth-order valence-electron chi connectivity index (χ4n) is 3.23. The zero-order valence-corrected chi connectivity index (χ0v) is 16.2. The molecule has 0 saturated carbocycles. The average molecular weight is 411 g/mol. The second-order valence-corrected chi connectivity index (χ2v) is 6.74. The first-order valence-electron chi connectivity index (χ1n) is 9.27. The molecule has 1 aliphatic rings. The Balaban J connectivity index is 1.89. The molecule has 1 aromatic carbocycles. The number of esters is 1. The van der Waals surface area contributed by atoms with Crippen LogP contribution < -0.4 is 10.6 Å². The number of benzene rings is 1. The van der Waals surface area contributed by atoms with Gasteiger partial charge >= 0.3 is 12.0 Å². The van der Waals surface area contributed by atoms with Gasteiger partial charge in [0.2, 0.25) is 0 Å². The van der Waals surface area contributed by atoms with Crippen LogP contribution in [0.2, 0.25) is 0 Å². The molecule has 0 atom stereocenters. The molecule has 0 unspecified atom stereocenters. The van der Waals surface area contributed by atoms with Crippen molar-refractivity contribution in [3.8, 4) is 0 Å². The summed E-state index contributed by atoms with van der Waals surface area (Å²) in [4.78, 5) is 49.4. The Morgan fingerprint density at radius 3 is 2.38 bits per heavy atom. The summed E-state index contributed by atoms with van der Waals surface area (Å²) in [6.45, 7) is 2.44. The normalized spacial score (nSPS) is 15.2. The molecule has 2 rings (SSSR count). The lowest BCUT2D eigenvalue weighted by atomic mass is 9.88. The molecule has 4 amide bonds. The number of anilines is 1. The monoisotopic (exact) mass is 411 g/mol. The predicted molar refractivity (Wildman–Crippen MR) is 98.7 cm³/mol. The van der Waals surface area contributed by atoms with Crippen molar-refractivity contribution in [1.82, 2.24) is 10.2 Å². The molecule has 0 aromatic heterocycles. The molecule has 2 N–H and O–H groups in total. The first-order valence-corrected chi connectivity index (χ1v) is 9.27. The molecule has 1 aromatic rings. The quantitative estimate of drug-likeness (QED) is 0.479.